The van der Waals surface area contributed by atoms with Crippen molar-refractivity contribution in [3.63, 3.8) is 0 Å². The van der Waals surface area contributed by atoms with Gasteiger partial charge in [-0.3, -0.25) is 19.2 Å². The lowest BCUT2D eigenvalue weighted by Gasteiger charge is -2.12. The van der Waals surface area contributed by atoms with Crippen LogP contribution >= 0.6 is 0 Å². The average molecular weight is 336 g/mol. The smallest absolute Gasteiger partial charge is 0.306 e. The predicted octanol–water partition coefficient (Wildman–Crippen LogP) is 1.47. The maximum Gasteiger partial charge on any atom is 0.306 e. The highest BCUT2D eigenvalue weighted by Crippen LogP contribution is 2.21. The number of hydrogen-bond donors (Lipinski definition) is 2. The molecule has 1 aromatic rings. The molecule has 8 nitrogen and oxygen atoms in total. The molecular weight excluding hydrogens is 316 g/mol. The van der Waals surface area contributed by atoms with Gasteiger partial charge in [0.2, 0.25) is 11.8 Å². The van der Waals surface area contributed by atoms with Crippen molar-refractivity contribution < 1.29 is 28.7 Å². The van der Waals surface area contributed by atoms with E-state index in [4.69, 9.17) is 0 Å². The summed E-state index contributed by atoms with van der Waals surface area (Å²) < 4.78 is 8.94. The van der Waals surface area contributed by atoms with Crippen LogP contribution in [0.1, 0.15) is 25.7 Å². The first kappa shape index (κ1) is 19.1. The van der Waals surface area contributed by atoms with Crippen molar-refractivity contribution in [2.45, 2.75) is 25.7 Å². The lowest BCUT2D eigenvalue weighted by atomic mass is 10.2. The Kier molecular flexibility index (Phi) is 7.97. The molecule has 2 N–H and O–H groups in total. The number of carbonyl (C=O) groups is 4. The van der Waals surface area contributed by atoms with Crippen LogP contribution in [-0.4, -0.2) is 38.0 Å². The van der Waals surface area contributed by atoms with Crippen molar-refractivity contribution in [1.82, 2.24) is 0 Å². The van der Waals surface area contributed by atoms with E-state index in [1.54, 1.807) is 24.3 Å². The van der Waals surface area contributed by atoms with Gasteiger partial charge in [0.05, 0.1) is 38.4 Å². The lowest BCUT2D eigenvalue weighted by molar-refractivity contribution is -0.142. The molecular formula is C16H20N2O6. The fraction of sp³-hybridized carbons (Fsp3) is 0.375. The zero-order valence-corrected chi connectivity index (χ0v) is 13.6. The number of hydrogen-bond acceptors (Lipinski definition) is 6. The molecule has 0 aliphatic heterocycles. The van der Waals surface area contributed by atoms with Gasteiger partial charge in [-0.15, -0.1) is 0 Å². The summed E-state index contributed by atoms with van der Waals surface area (Å²) in [5.74, 6) is -1.71. The third kappa shape index (κ3) is 6.91. The molecule has 0 saturated carbocycles. The second-order valence-electron chi connectivity index (χ2n) is 4.79. The van der Waals surface area contributed by atoms with Gasteiger partial charge in [-0.2, -0.15) is 0 Å². The molecule has 1 aromatic carbocycles. The first-order chi connectivity index (χ1) is 11.5. The minimum absolute atomic E-state index is 0.0305. The molecule has 24 heavy (non-hydrogen) atoms. The zero-order valence-electron chi connectivity index (χ0n) is 13.6. The fourth-order valence-electron chi connectivity index (χ4n) is 1.76. The van der Waals surface area contributed by atoms with Gasteiger partial charge in [0.25, 0.3) is 0 Å². The molecule has 0 fully saturated rings. The summed E-state index contributed by atoms with van der Waals surface area (Å²) in [5, 5.41) is 5.24. The third-order valence-electron chi connectivity index (χ3n) is 3.04. The molecule has 1 rings (SSSR count). The molecule has 130 valence electrons. The van der Waals surface area contributed by atoms with Crippen LogP contribution in [-0.2, 0) is 28.7 Å². The van der Waals surface area contributed by atoms with Crippen molar-refractivity contribution in [3.8, 4) is 0 Å². The number of rotatable bonds is 8. The quantitative estimate of drug-likeness (QED) is 0.696. The topological polar surface area (TPSA) is 111 Å². The SMILES string of the molecule is COC(=O)CCC(=O)Nc1ccccc1NC(=O)CCC(=O)OC. The minimum atomic E-state index is -0.477. The van der Waals surface area contributed by atoms with E-state index in [1.165, 1.54) is 14.2 Å². The largest absolute Gasteiger partial charge is 0.469 e. The highest BCUT2D eigenvalue weighted by atomic mass is 16.5. The van der Waals surface area contributed by atoms with Gasteiger partial charge < -0.3 is 20.1 Å². The molecule has 0 radical (unpaired) electrons. The number of ether oxygens (including phenoxy) is 2. The van der Waals surface area contributed by atoms with E-state index < -0.39 is 11.9 Å². The van der Waals surface area contributed by atoms with Gasteiger partial charge in [-0.05, 0) is 12.1 Å². The summed E-state index contributed by atoms with van der Waals surface area (Å²) in [6.07, 6.45) is -0.124. The minimum Gasteiger partial charge on any atom is -0.469 e. The molecule has 2 amide bonds. The second kappa shape index (κ2) is 9.98. The molecule has 0 saturated heterocycles. The number of methoxy groups -OCH3 is 2. The van der Waals surface area contributed by atoms with E-state index in [0.29, 0.717) is 11.4 Å². The standard InChI is InChI=1S/C16H20N2O6/c1-23-15(21)9-7-13(19)17-11-5-3-4-6-12(11)18-14(20)8-10-16(22)24-2/h3-6H,7-10H2,1-2H3,(H,17,19)(H,18,20). The van der Waals surface area contributed by atoms with Crippen LogP contribution in [0.25, 0.3) is 0 Å². The van der Waals surface area contributed by atoms with Gasteiger partial charge in [0.15, 0.2) is 0 Å². The lowest BCUT2D eigenvalue weighted by Crippen LogP contribution is -2.18. The number of nitrogens with one attached hydrogen (secondary N) is 2. The number of anilines is 2. The third-order valence-corrected chi connectivity index (χ3v) is 3.04. The van der Waals surface area contributed by atoms with E-state index in [1.807, 2.05) is 0 Å². The second-order valence-corrected chi connectivity index (χ2v) is 4.79. The Labute approximate surface area is 139 Å². The first-order valence-corrected chi connectivity index (χ1v) is 7.28. The van der Waals surface area contributed by atoms with Crippen molar-refractivity contribution >= 4 is 35.1 Å². The summed E-state index contributed by atoms with van der Waals surface area (Å²) in [6, 6.07) is 6.62. The highest BCUT2D eigenvalue weighted by molar-refractivity contribution is 6.00. The van der Waals surface area contributed by atoms with E-state index >= 15 is 0 Å². The zero-order chi connectivity index (χ0) is 17.9. The molecule has 0 heterocycles. The Bertz CT molecular complexity index is 561. The van der Waals surface area contributed by atoms with Gasteiger partial charge in [-0.25, -0.2) is 0 Å². The number of benzene rings is 1. The Morgan fingerprint density at radius 1 is 0.750 bits per heavy atom. The van der Waals surface area contributed by atoms with E-state index in [2.05, 4.69) is 20.1 Å². The molecule has 0 aliphatic carbocycles. The Hall–Kier alpha value is -2.90. The first-order valence-electron chi connectivity index (χ1n) is 7.28. The van der Waals surface area contributed by atoms with Crippen molar-refractivity contribution in [2.24, 2.45) is 0 Å². The maximum absolute atomic E-state index is 11.8. The Balaban J connectivity index is 2.61. The van der Waals surface area contributed by atoms with Crippen molar-refractivity contribution in [1.29, 1.82) is 0 Å². The fourth-order valence-corrected chi connectivity index (χ4v) is 1.76. The van der Waals surface area contributed by atoms with Crippen LogP contribution in [0.5, 0.6) is 0 Å². The van der Waals surface area contributed by atoms with E-state index in [-0.39, 0.29) is 37.5 Å². The molecule has 0 unspecified atom stereocenters. The highest BCUT2D eigenvalue weighted by Gasteiger charge is 2.12. The molecule has 0 atom stereocenters. The Morgan fingerprint density at radius 2 is 1.12 bits per heavy atom. The van der Waals surface area contributed by atoms with Gasteiger partial charge in [0, 0.05) is 12.8 Å². The van der Waals surface area contributed by atoms with Crippen LogP contribution < -0.4 is 10.6 Å². The van der Waals surface area contributed by atoms with Crippen LogP contribution in [0.4, 0.5) is 11.4 Å². The van der Waals surface area contributed by atoms with Gasteiger partial charge in [-0.1, -0.05) is 12.1 Å². The average Bonchev–Trinajstić information content (AvgIpc) is 2.59. The summed E-state index contributed by atoms with van der Waals surface area (Å²) in [7, 11) is 2.50. The van der Waals surface area contributed by atoms with Crippen molar-refractivity contribution in [3.05, 3.63) is 24.3 Å². The van der Waals surface area contributed by atoms with Crippen molar-refractivity contribution in [2.75, 3.05) is 24.9 Å². The van der Waals surface area contributed by atoms with Crippen LogP contribution in [0, 0.1) is 0 Å². The molecule has 8 heteroatoms. The number of esters is 2. The normalized spacial score (nSPS) is 9.75. The number of amides is 2. The Morgan fingerprint density at radius 3 is 1.46 bits per heavy atom. The summed E-state index contributed by atoms with van der Waals surface area (Å²) >= 11 is 0. The molecule has 0 aliphatic rings. The number of carbonyl (C=O) groups excluding carboxylic acids is 4. The van der Waals surface area contributed by atoms with Crippen LogP contribution in [0.3, 0.4) is 0 Å². The molecule has 0 spiro atoms. The maximum atomic E-state index is 11.8. The summed E-state index contributed by atoms with van der Waals surface area (Å²) in [6.45, 7) is 0. The van der Waals surface area contributed by atoms with Crippen LogP contribution in [0.2, 0.25) is 0 Å². The molecule has 0 aromatic heterocycles. The summed E-state index contributed by atoms with van der Waals surface area (Å²) in [4.78, 5) is 45.7. The van der Waals surface area contributed by atoms with E-state index in [0.717, 1.165) is 0 Å². The predicted molar refractivity (Wildman–Crippen MR) is 86.2 cm³/mol. The monoisotopic (exact) mass is 336 g/mol. The van der Waals surface area contributed by atoms with E-state index in [9.17, 15) is 19.2 Å². The van der Waals surface area contributed by atoms with Gasteiger partial charge >= 0.3 is 11.9 Å². The summed E-state index contributed by atoms with van der Waals surface area (Å²) in [5.41, 5.74) is 0.803. The van der Waals surface area contributed by atoms with Gasteiger partial charge in [0.1, 0.15) is 0 Å². The molecule has 0 bridgehead atoms. The number of para-hydroxylation sites is 2. The van der Waals surface area contributed by atoms with Crippen LogP contribution in [0.15, 0.2) is 24.3 Å².